The minimum atomic E-state index is 0. The summed E-state index contributed by atoms with van der Waals surface area (Å²) in [5, 5.41) is 0. The van der Waals surface area contributed by atoms with Gasteiger partial charge in [-0.25, -0.2) is 0 Å². The molecule has 0 atom stereocenters. The van der Waals surface area contributed by atoms with Gasteiger partial charge in [-0.05, 0) is 17.7 Å². The predicted octanol–water partition coefficient (Wildman–Crippen LogP) is 2.25. The number of nitrogens with zero attached hydrogens (tertiary/aromatic N) is 1. The topological polar surface area (TPSA) is 12.4 Å². The first kappa shape index (κ1) is 12.1. The molecule has 1 nitrogen and oxygen atoms in total. The molecule has 0 unspecified atom stereocenters. The summed E-state index contributed by atoms with van der Waals surface area (Å²) < 4.78 is 0. The van der Waals surface area contributed by atoms with Gasteiger partial charge in [0.2, 0.25) is 0 Å². The molecule has 0 N–H and O–H groups in total. The van der Waals surface area contributed by atoms with Crippen LogP contribution < -0.4 is 0 Å². The fourth-order valence-corrected chi connectivity index (χ4v) is 1.20. The van der Waals surface area contributed by atoms with Gasteiger partial charge in [-0.15, -0.1) is 0 Å². The quantitative estimate of drug-likeness (QED) is 0.754. The average Bonchev–Trinajstić information content (AvgIpc) is 2.29. The van der Waals surface area contributed by atoms with E-state index < -0.39 is 0 Å². The molecule has 0 radical (unpaired) electrons. The van der Waals surface area contributed by atoms with E-state index in [9.17, 15) is 0 Å². The van der Waals surface area contributed by atoms with Crippen molar-refractivity contribution in [1.82, 2.24) is 0 Å². The van der Waals surface area contributed by atoms with Gasteiger partial charge in [-0.2, -0.15) is 0 Å². The Morgan fingerprint density at radius 3 is 1.87 bits per heavy atom. The zero-order valence-electron chi connectivity index (χ0n) is 7.80. The van der Waals surface area contributed by atoms with E-state index in [1.54, 1.807) is 0 Å². The van der Waals surface area contributed by atoms with Crippen molar-refractivity contribution in [2.45, 2.75) is 0 Å². The summed E-state index contributed by atoms with van der Waals surface area (Å²) in [6.45, 7) is 0. The molecule has 0 saturated carbocycles. The van der Waals surface area contributed by atoms with Crippen molar-refractivity contribution in [2.75, 3.05) is 0 Å². The molecule has 0 aliphatic heterocycles. The first-order chi connectivity index (χ1) is 6.95. The van der Waals surface area contributed by atoms with E-state index in [1.807, 2.05) is 66.9 Å². The zero-order chi connectivity index (χ0) is 9.64. The molecule has 0 heterocycles. The van der Waals surface area contributed by atoms with Gasteiger partial charge in [0.25, 0.3) is 0 Å². The first-order valence-electron chi connectivity index (χ1n) is 4.59. The Balaban J connectivity index is 0.00000112. The normalized spacial score (nSPS) is 9.87. The van der Waals surface area contributed by atoms with Crippen LogP contribution in [-0.2, 0) is 0 Å². The Bertz CT molecular complexity index is 368. The predicted molar refractivity (Wildman–Crippen MR) is 70.1 cm³/mol. The van der Waals surface area contributed by atoms with Crippen LogP contribution in [0.3, 0.4) is 0 Å². The second-order valence-corrected chi connectivity index (χ2v) is 3.00. The molecule has 2 aromatic carbocycles. The number of benzene rings is 2. The van der Waals surface area contributed by atoms with E-state index in [0.717, 1.165) is 11.3 Å². The van der Waals surface area contributed by atoms with E-state index in [0.29, 0.717) is 0 Å². The Kier molecular flexibility index (Phi) is 5.19. The van der Waals surface area contributed by atoms with Gasteiger partial charge in [-0.3, -0.25) is 4.99 Å². The minimum absolute atomic E-state index is 0. The van der Waals surface area contributed by atoms with Gasteiger partial charge in [0.15, 0.2) is 0 Å². The van der Waals surface area contributed by atoms with E-state index in [4.69, 9.17) is 0 Å². The molecule has 0 bridgehead atoms. The van der Waals surface area contributed by atoms with E-state index in [1.165, 1.54) is 0 Å². The van der Waals surface area contributed by atoms with Crippen molar-refractivity contribution >= 4 is 37.7 Å². The summed E-state index contributed by atoms with van der Waals surface area (Å²) >= 11 is 0. The van der Waals surface area contributed by atoms with Crippen LogP contribution in [0, 0.1) is 0 Å². The molecule has 0 aliphatic rings. The molecular formula is C13H14InN. The molecule has 0 amide bonds. The summed E-state index contributed by atoms with van der Waals surface area (Å²) in [5.41, 5.74) is 2.10. The molecule has 2 aromatic rings. The van der Waals surface area contributed by atoms with Crippen LogP contribution in [0.1, 0.15) is 5.56 Å². The number of para-hydroxylation sites is 1. The third-order valence-electron chi connectivity index (χ3n) is 1.92. The Morgan fingerprint density at radius 1 is 0.733 bits per heavy atom. The van der Waals surface area contributed by atoms with E-state index in [-0.39, 0.29) is 25.8 Å². The van der Waals surface area contributed by atoms with Crippen LogP contribution >= 0.6 is 0 Å². The van der Waals surface area contributed by atoms with Gasteiger partial charge in [0, 0.05) is 6.21 Å². The Labute approximate surface area is 109 Å². The van der Waals surface area contributed by atoms with E-state index in [2.05, 4.69) is 4.99 Å². The second-order valence-electron chi connectivity index (χ2n) is 3.00. The fraction of sp³-hybridized carbons (Fsp3) is 0. The Morgan fingerprint density at radius 2 is 1.27 bits per heavy atom. The third kappa shape index (κ3) is 3.92. The van der Waals surface area contributed by atoms with Gasteiger partial charge in [0.1, 0.15) is 0 Å². The summed E-state index contributed by atoms with van der Waals surface area (Å²) in [5.74, 6) is 0. The standard InChI is InChI=1S/C13H11N.In.3H/c1-3-7-12(8-4-1)11-14-13-9-5-2-6-10-13;;;;/h1-11H;;;;. The number of hydrogen-bond donors (Lipinski definition) is 0. The molecule has 15 heavy (non-hydrogen) atoms. The molecule has 2 rings (SSSR count). The molecular weight excluding hydrogens is 285 g/mol. The third-order valence-corrected chi connectivity index (χ3v) is 1.92. The van der Waals surface area contributed by atoms with Crippen LogP contribution in [0.25, 0.3) is 0 Å². The van der Waals surface area contributed by atoms with Gasteiger partial charge < -0.3 is 0 Å². The monoisotopic (exact) mass is 299 g/mol. The van der Waals surface area contributed by atoms with Crippen LogP contribution in [0.2, 0.25) is 0 Å². The molecule has 0 saturated heterocycles. The average molecular weight is 299 g/mol. The molecule has 0 aliphatic carbocycles. The maximum atomic E-state index is 4.35. The number of aliphatic imine (C=N–C) groups is 1. The van der Waals surface area contributed by atoms with Crippen LogP contribution in [0.15, 0.2) is 65.7 Å². The molecule has 0 spiro atoms. The Hall–Kier alpha value is -1.02. The van der Waals surface area contributed by atoms with Gasteiger partial charge in [-0.1, -0.05) is 48.5 Å². The van der Waals surface area contributed by atoms with Gasteiger partial charge in [0.05, 0.1) is 5.69 Å². The molecule has 2 heteroatoms. The van der Waals surface area contributed by atoms with Crippen LogP contribution in [0.4, 0.5) is 5.69 Å². The van der Waals surface area contributed by atoms with Gasteiger partial charge >= 0.3 is 25.8 Å². The SMILES string of the molecule is C(=Nc1ccccc1)c1ccccc1.[InH3]. The fourth-order valence-electron chi connectivity index (χ4n) is 1.20. The number of hydrogen-bond acceptors (Lipinski definition) is 1. The molecule has 0 aromatic heterocycles. The zero-order valence-corrected chi connectivity index (χ0v) is 7.80. The van der Waals surface area contributed by atoms with Crippen LogP contribution in [-0.4, -0.2) is 32.1 Å². The molecule has 74 valence electrons. The molecule has 0 fully saturated rings. The maximum absolute atomic E-state index is 4.35. The first-order valence-corrected chi connectivity index (χ1v) is 4.59. The van der Waals surface area contributed by atoms with Crippen molar-refractivity contribution in [3.8, 4) is 0 Å². The van der Waals surface area contributed by atoms with Crippen molar-refractivity contribution in [3.63, 3.8) is 0 Å². The van der Waals surface area contributed by atoms with Crippen molar-refractivity contribution in [3.05, 3.63) is 66.2 Å². The van der Waals surface area contributed by atoms with E-state index >= 15 is 0 Å². The summed E-state index contributed by atoms with van der Waals surface area (Å²) in [6.07, 6.45) is 1.87. The summed E-state index contributed by atoms with van der Waals surface area (Å²) in [6, 6.07) is 20.0. The van der Waals surface area contributed by atoms with Crippen molar-refractivity contribution < 1.29 is 0 Å². The summed E-state index contributed by atoms with van der Waals surface area (Å²) in [4.78, 5) is 4.35. The number of rotatable bonds is 2. The van der Waals surface area contributed by atoms with Crippen molar-refractivity contribution in [2.24, 2.45) is 4.99 Å². The summed E-state index contributed by atoms with van der Waals surface area (Å²) in [7, 11) is 0. The second kappa shape index (κ2) is 6.46. The van der Waals surface area contributed by atoms with Crippen molar-refractivity contribution in [1.29, 1.82) is 0 Å². The van der Waals surface area contributed by atoms with Crippen LogP contribution in [0.5, 0.6) is 0 Å².